The Labute approximate surface area is 133 Å². The van der Waals surface area contributed by atoms with Gasteiger partial charge in [0.2, 0.25) is 0 Å². The molecular weight excluding hydrogens is 256 g/mol. The Hall–Kier alpha value is -0.0800. The molecule has 1 heterocycles. The molecule has 0 aromatic heterocycles. The Bertz CT molecular complexity index is 299. The third kappa shape index (κ3) is 4.69. The van der Waals surface area contributed by atoms with Crippen LogP contribution in [-0.4, -0.2) is 36.6 Å². The van der Waals surface area contributed by atoms with E-state index in [0.29, 0.717) is 11.5 Å². The van der Waals surface area contributed by atoms with Crippen molar-refractivity contribution in [2.45, 2.75) is 85.2 Å². The van der Waals surface area contributed by atoms with Crippen molar-refractivity contribution in [3.63, 3.8) is 0 Å². The Balaban J connectivity index is 2.07. The molecule has 0 aromatic rings. The summed E-state index contributed by atoms with van der Waals surface area (Å²) in [6.07, 6.45) is 8.51. The molecule has 2 rings (SSSR count). The van der Waals surface area contributed by atoms with Crippen LogP contribution in [0.25, 0.3) is 0 Å². The summed E-state index contributed by atoms with van der Waals surface area (Å²) in [5.41, 5.74) is 0.447. The fraction of sp³-hybridized carbons (Fsp3) is 1.00. The monoisotopic (exact) mass is 294 g/mol. The van der Waals surface area contributed by atoms with Crippen molar-refractivity contribution < 1.29 is 0 Å². The lowest BCUT2D eigenvalue weighted by Gasteiger charge is -2.48. The quantitative estimate of drug-likeness (QED) is 0.831. The van der Waals surface area contributed by atoms with Crippen LogP contribution in [-0.2, 0) is 0 Å². The van der Waals surface area contributed by atoms with E-state index in [9.17, 15) is 0 Å². The van der Waals surface area contributed by atoms with Gasteiger partial charge in [0, 0.05) is 18.6 Å². The van der Waals surface area contributed by atoms with Crippen molar-refractivity contribution in [2.75, 3.05) is 19.6 Å². The highest BCUT2D eigenvalue weighted by atomic mass is 15.2. The summed E-state index contributed by atoms with van der Waals surface area (Å²) in [5.74, 6) is 1.73. The van der Waals surface area contributed by atoms with E-state index in [1.165, 1.54) is 58.2 Å². The molecule has 0 aromatic carbocycles. The van der Waals surface area contributed by atoms with Crippen molar-refractivity contribution >= 4 is 0 Å². The van der Waals surface area contributed by atoms with Gasteiger partial charge >= 0.3 is 0 Å². The molecule has 0 amide bonds. The van der Waals surface area contributed by atoms with E-state index in [2.05, 4.69) is 44.8 Å². The molecule has 3 unspecified atom stereocenters. The van der Waals surface area contributed by atoms with Gasteiger partial charge in [-0.25, -0.2) is 0 Å². The Morgan fingerprint density at radius 1 is 1.05 bits per heavy atom. The van der Waals surface area contributed by atoms with Gasteiger partial charge < -0.3 is 5.32 Å². The number of hydrogen-bond donors (Lipinski definition) is 1. The number of piperidine rings is 1. The molecule has 1 aliphatic heterocycles. The van der Waals surface area contributed by atoms with Gasteiger partial charge in [0.15, 0.2) is 0 Å². The minimum Gasteiger partial charge on any atom is -0.316 e. The second-order valence-electron chi connectivity index (χ2n) is 8.83. The fourth-order valence-corrected chi connectivity index (χ4v) is 4.63. The first-order valence-electron chi connectivity index (χ1n) is 9.36. The van der Waals surface area contributed by atoms with Crippen LogP contribution in [0, 0.1) is 17.3 Å². The average molecular weight is 295 g/mol. The molecule has 2 fully saturated rings. The van der Waals surface area contributed by atoms with Gasteiger partial charge in [0.25, 0.3) is 0 Å². The summed E-state index contributed by atoms with van der Waals surface area (Å²) in [4.78, 5) is 2.87. The molecule has 2 nitrogen and oxygen atoms in total. The van der Waals surface area contributed by atoms with E-state index in [0.717, 1.165) is 17.9 Å². The van der Waals surface area contributed by atoms with Crippen molar-refractivity contribution in [1.82, 2.24) is 10.2 Å². The lowest BCUT2D eigenvalue weighted by Crippen LogP contribution is -2.52. The molecule has 2 heteroatoms. The zero-order chi connectivity index (χ0) is 15.5. The van der Waals surface area contributed by atoms with E-state index in [1.54, 1.807) is 0 Å². The SMILES string of the molecule is CC(C)N(CC1CCCNC1)C1CCCCC1C(C)(C)C. The van der Waals surface area contributed by atoms with Crippen LogP contribution in [0.1, 0.15) is 73.1 Å². The second-order valence-corrected chi connectivity index (χ2v) is 8.83. The summed E-state index contributed by atoms with van der Waals surface area (Å²) in [6.45, 7) is 15.9. The molecule has 124 valence electrons. The van der Waals surface area contributed by atoms with Crippen LogP contribution in [0.3, 0.4) is 0 Å². The summed E-state index contributed by atoms with van der Waals surface area (Å²) >= 11 is 0. The maximum atomic E-state index is 3.60. The van der Waals surface area contributed by atoms with Crippen molar-refractivity contribution in [2.24, 2.45) is 17.3 Å². The van der Waals surface area contributed by atoms with Crippen LogP contribution in [0.4, 0.5) is 0 Å². The highest BCUT2D eigenvalue weighted by Gasteiger charge is 2.38. The Kier molecular flexibility index (Phi) is 6.14. The molecular formula is C19H38N2. The summed E-state index contributed by atoms with van der Waals surface area (Å²) in [6, 6.07) is 1.49. The van der Waals surface area contributed by atoms with Gasteiger partial charge in [-0.05, 0) is 69.9 Å². The molecule has 2 aliphatic rings. The van der Waals surface area contributed by atoms with E-state index in [1.807, 2.05) is 0 Å². The number of nitrogens with zero attached hydrogens (tertiary/aromatic N) is 1. The predicted molar refractivity (Wildman–Crippen MR) is 92.6 cm³/mol. The highest BCUT2D eigenvalue weighted by molar-refractivity contribution is 4.92. The normalized spacial score (nSPS) is 31.9. The second kappa shape index (κ2) is 7.46. The van der Waals surface area contributed by atoms with E-state index in [-0.39, 0.29) is 0 Å². The number of hydrogen-bond acceptors (Lipinski definition) is 2. The van der Waals surface area contributed by atoms with Gasteiger partial charge in [-0.1, -0.05) is 33.6 Å². The zero-order valence-electron chi connectivity index (χ0n) is 15.1. The minimum atomic E-state index is 0.447. The third-order valence-corrected chi connectivity index (χ3v) is 5.80. The average Bonchev–Trinajstić information content (AvgIpc) is 2.45. The van der Waals surface area contributed by atoms with E-state index in [4.69, 9.17) is 0 Å². The first-order valence-corrected chi connectivity index (χ1v) is 9.36. The third-order valence-electron chi connectivity index (χ3n) is 5.80. The van der Waals surface area contributed by atoms with Crippen LogP contribution in [0.2, 0.25) is 0 Å². The lowest BCUT2D eigenvalue weighted by molar-refractivity contribution is 0.0115. The van der Waals surface area contributed by atoms with E-state index < -0.39 is 0 Å². The van der Waals surface area contributed by atoms with Gasteiger partial charge in [-0.2, -0.15) is 0 Å². The largest absolute Gasteiger partial charge is 0.316 e. The van der Waals surface area contributed by atoms with Crippen molar-refractivity contribution in [3.8, 4) is 0 Å². The molecule has 1 saturated heterocycles. The summed E-state index contributed by atoms with van der Waals surface area (Å²) in [7, 11) is 0. The predicted octanol–water partition coefficient (Wildman–Crippen LogP) is 4.30. The molecule has 0 spiro atoms. The van der Waals surface area contributed by atoms with Gasteiger partial charge in [0.05, 0.1) is 0 Å². The molecule has 3 atom stereocenters. The van der Waals surface area contributed by atoms with Crippen molar-refractivity contribution in [1.29, 1.82) is 0 Å². The fourth-order valence-electron chi connectivity index (χ4n) is 4.63. The highest BCUT2D eigenvalue weighted by Crippen LogP contribution is 2.41. The molecule has 1 saturated carbocycles. The standard InChI is InChI=1S/C19H38N2/c1-15(2)21(14-16-9-8-12-20-13-16)18-11-7-6-10-17(18)19(3,4)5/h15-18,20H,6-14H2,1-5H3. The smallest absolute Gasteiger partial charge is 0.0131 e. The first kappa shape index (κ1) is 17.3. The van der Waals surface area contributed by atoms with Gasteiger partial charge in [-0.3, -0.25) is 4.90 Å². The molecule has 21 heavy (non-hydrogen) atoms. The Morgan fingerprint density at radius 3 is 2.33 bits per heavy atom. The van der Waals surface area contributed by atoms with Crippen LogP contribution < -0.4 is 5.32 Å². The van der Waals surface area contributed by atoms with Crippen LogP contribution >= 0.6 is 0 Å². The minimum absolute atomic E-state index is 0.447. The van der Waals surface area contributed by atoms with E-state index >= 15 is 0 Å². The summed E-state index contributed by atoms with van der Waals surface area (Å²) < 4.78 is 0. The maximum absolute atomic E-state index is 3.60. The molecule has 1 N–H and O–H groups in total. The first-order chi connectivity index (χ1) is 9.89. The number of rotatable bonds is 4. The van der Waals surface area contributed by atoms with Gasteiger partial charge in [-0.15, -0.1) is 0 Å². The van der Waals surface area contributed by atoms with Crippen LogP contribution in [0.15, 0.2) is 0 Å². The Morgan fingerprint density at radius 2 is 1.76 bits per heavy atom. The molecule has 0 bridgehead atoms. The van der Waals surface area contributed by atoms with Gasteiger partial charge in [0.1, 0.15) is 0 Å². The number of nitrogens with one attached hydrogen (secondary N) is 1. The zero-order valence-corrected chi connectivity index (χ0v) is 15.1. The van der Waals surface area contributed by atoms with Crippen LogP contribution in [0.5, 0.6) is 0 Å². The topological polar surface area (TPSA) is 15.3 Å². The molecule has 0 radical (unpaired) electrons. The molecule has 1 aliphatic carbocycles. The van der Waals surface area contributed by atoms with Crippen molar-refractivity contribution in [3.05, 3.63) is 0 Å². The lowest BCUT2D eigenvalue weighted by atomic mass is 9.68. The summed E-state index contributed by atoms with van der Waals surface area (Å²) in [5, 5.41) is 3.60. The maximum Gasteiger partial charge on any atom is 0.0131 e.